The minimum absolute atomic E-state index is 0.0979. The minimum atomic E-state index is -3.94. The normalized spacial score (nSPS) is 17.5. The van der Waals surface area contributed by atoms with E-state index < -0.39 is 20.2 Å². The Bertz CT molecular complexity index is 429. The third kappa shape index (κ3) is 3.36. The fourth-order valence-corrected chi connectivity index (χ4v) is 6.84. The summed E-state index contributed by atoms with van der Waals surface area (Å²) in [5, 5.41) is 5.66. The van der Waals surface area contributed by atoms with Crippen molar-refractivity contribution in [3.05, 3.63) is 12.3 Å². The predicted octanol–water partition coefficient (Wildman–Crippen LogP) is 4.15. The molecule has 0 aromatic rings. The Morgan fingerprint density at radius 1 is 0.857 bits per heavy atom. The molecule has 0 aromatic carbocycles. The number of azo groups is 1. The monoisotopic (exact) mass is 340 g/mol. The van der Waals surface area contributed by atoms with Gasteiger partial charge >= 0.3 is 20.2 Å². The Morgan fingerprint density at radius 2 is 1.24 bits per heavy atom. The molecule has 0 aliphatic carbocycles. The van der Waals surface area contributed by atoms with Crippen molar-refractivity contribution in [1.82, 2.24) is 0 Å². The summed E-state index contributed by atoms with van der Waals surface area (Å²) in [6, 6.07) is 0. The molecule has 0 saturated heterocycles. The Morgan fingerprint density at radius 3 is 1.48 bits per heavy atom. The van der Waals surface area contributed by atoms with Gasteiger partial charge in [-0.2, -0.15) is 10.2 Å². The number of hydrogen-bond acceptors (Lipinski definition) is 8. The zero-order valence-corrected chi connectivity index (χ0v) is 14.5. The average molecular weight is 340 g/mol. The van der Waals surface area contributed by atoms with E-state index in [1.807, 2.05) is 0 Å². The summed E-state index contributed by atoms with van der Waals surface area (Å²) < 4.78 is 47.5. The van der Waals surface area contributed by atoms with Crippen molar-refractivity contribution < 1.29 is 27.2 Å². The van der Waals surface area contributed by atoms with Gasteiger partial charge in [0.25, 0.3) is 0 Å². The maximum absolute atomic E-state index is 13.2. The van der Waals surface area contributed by atoms with Gasteiger partial charge in [-0.1, -0.05) is 0 Å². The molecule has 0 aromatic heterocycles. The third-order valence-corrected chi connectivity index (χ3v) is 8.52. The fraction of sp³-hybridized carbons (Fsp3) is 0.818. The second-order valence-electron chi connectivity index (χ2n) is 3.88. The van der Waals surface area contributed by atoms with Crippen molar-refractivity contribution in [2.45, 2.75) is 32.7 Å². The van der Waals surface area contributed by atoms with Crippen LogP contribution in [0.15, 0.2) is 22.5 Å². The van der Waals surface area contributed by atoms with Crippen molar-refractivity contribution >= 4 is 15.2 Å². The van der Waals surface area contributed by atoms with Gasteiger partial charge < -0.3 is 18.1 Å². The van der Waals surface area contributed by atoms with Crippen molar-refractivity contribution in [1.29, 1.82) is 0 Å². The van der Waals surface area contributed by atoms with Crippen LogP contribution in [0.2, 0.25) is 0 Å². The fourth-order valence-electron chi connectivity index (χ4n) is 1.86. The van der Waals surface area contributed by atoms with Gasteiger partial charge in [-0.25, -0.2) is 0 Å². The molecule has 1 aliphatic rings. The van der Waals surface area contributed by atoms with Crippen LogP contribution in [0, 0.1) is 0 Å². The molecule has 0 saturated carbocycles. The van der Waals surface area contributed by atoms with Gasteiger partial charge in [0.05, 0.1) is 26.4 Å². The SMILES string of the molecule is CCOP(=O)(OCC)C1(P(=O)(OCC)OCC)C=CN=N1. The highest BCUT2D eigenvalue weighted by Gasteiger charge is 2.66. The molecule has 10 heteroatoms. The average Bonchev–Trinajstić information content (AvgIpc) is 2.91. The Hall–Kier alpha value is -0.360. The first-order valence-electron chi connectivity index (χ1n) is 6.83. The Labute approximate surface area is 125 Å². The summed E-state index contributed by atoms with van der Waals surface area (Å²) in [6.45, 7) is 7.01. The van der Waals surface area contributed by atoms with Gasteiger partial charge in [-0.15, -0.1) is 0 Å². The van der Waals surface area contributed by atoms with Crippen LogP contribution in [0.3, 0.4) is 0 Å². The molecule has 0 amide bonds. The smallest absolute Gasteiger partial charge is 0.306 e. The minimum Gasteiger partial charge on any atom is -0.306 e. The highest BCUT2D eigenvalue weighted by Crippen LogP contribution is 2.79. The van der Waals surface area contributed by atoms with Crippen LogP contribution >= 0.6 is 15.2 Å². The van der Waals surface area contributed by atoms with Crippen LogP contribution in [-0.2, 0) is 27.2 Å². The molecular weight excluding hydrogens is 318 g/mol. The van der Waals surface area contributed by atoms with E-state index in [2.05, 4.69) is 10.2 Å². The topological polar surface area (TPSA) is 95.8 Å². The lowest BCUT2D eigenvalue weighted by Gasteiger charge is -2.34. The Balaban J connectivity index is 3.42. The molecule has 1 heterocycles. The summed E-state index contributed by atoms with van der Waals surface area (Å²) in [5.74, 6) is 0. The van der Waals surface area contributed by atoms with Gasteiger partial charge in [-0.3, -0.25) is 9.13 Å². The van der Waals surface area contributed by atoms with E-state index in [4.69, 9.17) is 18.1 Å². The third-order valence-electron chi connectivity index (χ3n) is 2.57. The van der Waals surface area contributed by atoms with E-state index >= 15 is 0 Å². The first-order valence-corrected chi connectivity index (χ1v) is 9.91. The van der Waals surface area contributed by atoms with Crippen molar-refractivity contribution in [3.8, 4) is 0 Å². The largest absolute Gasteiger partial charge is 0.376 e. The highest BCUT2D eigenvalue weighted by molar-refractivity contribution is 7.74. The molecular formula is C11H22N2O6P2. The maximum Gasteiger partial charge on any atom is 0.376 e. The van der Waals surface area contributed by atoms with Crippen LogP contribution < -0.4 is 0 Å². The number of rotatable bonds is 10. The summed E-state index contributed by atoms with van der Waals surface area (Å²) in [6.07, 6.45) is 2.60. The summed E-state index contributed by atoms with van der Waals surface area (Å²) in [7, 11) is -7.88. The molecule has 1 aliphatic heterocycles. The van der Waals surface area contributed by atoms with Crippen LogP contribution in [0.4, 0.5) is 0 Å². The van der Waals surface area contributed by atoms with Gasteiger partial charge in [-0.05, 0) is 33.8 Å². The molecule has 0 N–H and O–H groups in total. The van der Waals surface area contributed by atoms with Crippen LogP contribution in [0.25, 0.3) is 0 Å². The highest BCUT2D eigenvalue weighted by atomic mass is 31.2. The lowest BCUT2D eigenvalue weighted by molar-refractivity contribution is 0.185. The zero-order chi connectivity index (χ0) is 16.0. The van der Waals surface area contributed by atoms with E-state index in [9.17, 15) is 9.13 Å². The van der Waals surface area contributed by atoms with Gasteiger partial charge in [0.1, 0.15) is 0 Å². The molecule has 122 valence electrons. The van der Waals surface area contributed by atoms with Gasteiger partial charge in [0.2, 0.25) is 0 Å². The molecule has 0 atom stereocenters. The molecule has 0 radical (unpaired) electrons. The molecule has 0 spiro atoms. The molecule has 0 bridgehead atoms. The second-order valence-corrected chi connectivity index (χ2v) is 8.62. The summed E-state index contributed by atoms with van der Waals surface area (Å²) >= 11 is 0. The Kier molecular flexibility index (Phi) is 6.91. The number of hydrogen-bond donors (Lipinski definition) is 0. The molecule has 21 heavy (non-hydrogen) atoms. The van der Waals surface area contributed by atoms with E-state index in [-0.39, 0.29) is 26.4 Å². The lowest BCUT2D eigenvalue weighted by atomic mass is 10.6. The van der Waals surface area contributed by atoms with E-state index in [0.29, 0.717) is 0 Å². The van der Waals surface area contributed by atoms with Crippen molar-refractivity contribution in [2.75, 3.05) is 26.4 Å². The lowest BCUT2D eigenvalue weighted by Crippen LogP contribution is -2.28. The van der Waals surface area contributed by atoms with Crippen LogP contribution in [0.5, 0.6) is 0 Å². The standard InChI is InChI=1S/C11H22N2O6P2/c1-5-16-20(14,17-6-2)11(9-10-12-13-11)21(15,18-7-3)19-8-4/h9-10H,5-8H2,1-4H3. The van der Waals surface area contributed by atoms with Crippen LogP contribution in [0.1, 0.15) is 27.7 Å². The summed E-state index contributed by atoms with van der Waals surface area (Å²) in [5.41, 5.74) is 0. The molecule has 1 rings (SSSR count). The van der Waals surface area contributed by atoms with E-state index in [1.54, 1.807) is 27.7 Å². The first kappa shape index (κ1) is 18.7. The van der Waals surface area contributed by atoms with Crippen molar-refractivity contribution in [2.24, 2.45) is 10.2 Å². The maximum atomic E-state index is 13.2. The van der Waals surface area contributed by atoms with Gasteiger partial charge in [0.15, 0.2) is 0 Å². The quantitative estimate of drug-likeness (QED) is 0.554. The van der Waals surface area contributed by atoms with Crippen molar-refractivity contribution in [3.63, 3.8) is 0 Å². The number of nitrogens with zero attached hydrogens (tertiary/aromatic N) is 2. The van der Waals surface area contributed by atoms with E-state index in [1.165, 1.54) is 12.3 Å². The predicted molar refractivity (Wildman–Crippen MR) is 78.4 cm³/mol. The van der Waals surface area contributed by atoms with Crippen LogP contribution in [-0.4, -0.2) is 31.4 Å². The van der Waals surface area contributed by atoms with Gasteiger partial charge in [0, 0.05) is 6.20 Å². The summed E-state index contributed by atoms with van der Waals surface area (Å²) in [4.78, 5) is 0. The first-order chi connectivity index (χ1) is 9.95. The van der Waals surface area contributed by atoms with E-state index in [0.717, 1.165) is 0 Å². The molecule has 8 nitrogen and oxygen atoms in total. The molecule has 0 fully saturated rings. The second kappa shape index (κ2) is 7.77. The zero-order valence-electron chi connectivity index (χ0n) is 12.7. The molecule has 0 unspecified atom stereocenters.